The number of aromatic amines is 1. The van der Waals surface area contributed by atoms with E-state index in [0.717, 1.165) is 10.4 Å². The Morgan fingerprint density at radius 1 is 1.32 bits per heavy atom. The largest absolute Gasteiger partial charge is 0.416 e. The Hall–Kier alpha value is -2.02. The standard InChI is InChI=1S/C19H18N4O4S4/c1-10-2-3-13(30-10)12-7-28-18-16(12)17(24)20-14(21-18)8-29-19-23-22-15(27-19)6-11-4-5-31(25,26)9-11/h2-3,7,11H,4-6,8-9H2,1H3,(H,20,21,24). The third-order valence-corrected chi connectivity index (χ3v) is 9.64. The van der Waals surface area contributed by atoms with Gasteiger partial charge in [-0.1, -0.05) is 11.8 Å². The van der Waals surface area contributed by atoms with Gasteiger partial charge < -0.3 is 9.40 Å². The number of aryl methyl sites for hydroxylation is 1. The minimum absolute atomic E-state index is 0.0314. The number of hydrogen-bond donors (Lipinski definition) is 1. The molecule has 0 aliphatic carbocycles. The van der Waals surface area contributed by atoms with Gasteiger partial charge in [0.2, 0.25) is 5.89 Å². The van der Waals surface area contributed by atoms with E-state index < -0.39 is 9.84 Å². The summed E-state index contributed by atoms with van der Waals surface area (Å²) in [5.74, 6) is 1.80. The molecule has 0 amide bonds. The molecule has 0 aromatic carbocycles. The highest BCUT2D eigenvalue weighted by molar-refractivity contribution is 7.98. The molecule has 1 atom stereocenters. The van der Waals surface area contributed by atoms with Crippen LogP contribution >= 0.6 is 34.4 Å². The Morgan fingerprint density at radius 3 is 2.94 bits per heavy atom. The van der Waals surface area contributed by atoms with Crippen LogP contribution in [-0.2, 0) is 22.0 Å². The van der Waals surface area contributed by atoms with Crippen LogP contribution in [0.4, 0.5) is 0 Å². The summed E-state index contributed by atoms with van der Waals surface area (Å²) in [7, 11) is -2.93. The second-order valence-corrected chi connectivity index (χ2v) is 12.8. The van der Waals surface area contributed by atoms with Gasteiger partial charge in [-0.2, -0.15) is 0 Å². The summed E-state index contributed by atoms with van der Waals surface area (Å²) in [4.78, 5) is 23.2. The Balaban J connectivity index is 1.28. The fourth-order valence-electron chi connectivity index (χ4n) is 3.61. The molecule has 0 bridgehead atoms. The van der Waals surface area contributed by atoms with Gasteiger partial charge in [-0.3, -0.25) is 4.79 Å². The zero-order chi connectivity index (χ0) is 21.6. The van der Waals surface area contributed by atoms with Crippen LogP contribution in [0.3, 0.4) is 0 Å². The number of fused-ring (bicyclic) bond motifs is 1. The number of aromatic nitrogens is 4. The maximum Gasteiger partial charge on any atom is 0.277 e. The molecule has 5 heterocycles. The second kappa shape index (κ2) is 8.15. The van der Waals surface area contributed by atoms with Crippen molar-refractivity contribution in [2.24, 2.45) is 5.92 Å². The second-order valence-electron chi connectivity index (χ2n) is 7.48. The number of nitrogens with zero attached hydrogens (tertiary/aromatic N) is 3. The molecule has 31 heavy (non-hydrogen) atoms. The molecule has 1 aliphatic heterocycles. The first kappa shape index (κ1) is 20.9. The van der Waals surface area contributed by atoms with Gasteiger partial charge >= 0.3 is 0 Å². The lowest BCUT2D eigenvalue weighted by Gasteiger charge is -2.02. The highest BCUT2D eigenvalue weighted by Crippen LogP contribution is 2.35. The number of nitrogens with one attached hydrogen (secondary N) is 1. The molecular weight excluding hydrogens is 477 g/mol. The van der Waals surface area contributed by atoms with Gasteiger partial charge in [-0.05, 0) is 31.4 Å². The lowest BCUT2D eigenvalue weighted by molar-refractivity contribution is 0.389. The summed E-state index contributed by atoms with van der Waals surface area (Å²) < 4.78 is 28.8. The zero-order valence-electron chi connectivity index (χ0n) is 16.5. The molecule has 0 saturated carbocycles. The third-order valence-electron chi connectivity index (χ3n) is 5.07. The van der Waals surface area contributed by atoms with Crippen LogP contribution in [0, 0.1) is 12.8 Å². The van der Waals surface area contributed by atoms with Gasteiger partial charge in [-0.25, -0.2) is 13.4 Å². The number of hydrogen-bond acceptors (Lipinski definition) is 10. The van der Waals surface area contributed by atoms with Gasteiger partial charge in [0.1, 0.15) is 10.7 Å². The highest BCUT2D eigenvalue weighted by atomic mass is 32.2. The number of H-pyrrole nitrogens is 1. The van der Waals surface area contributed by atoms with Crippen LogP contribution in [-0.4, -0.2) is 40.1 Å². The van der Waals surface area contributed by atoms with E-state index in [4.69, 9.17) is 4.42 Å². The van der Waals surface area contributed by atoms with Crippen molar-refractivity contribution < 1.29 is 12.8 Å². The van der Waals surface area contributed by atoms with Gasteiger partial charge in [0.05, 0.1) is 22.6 Å². The molecule has 5 rings (SSSR count). The minimum atomic E-state index is -2.93. The fourth-order valence-corrected chi connectivity index (χ4v) is 8.05. The number of rotatable bonds is 6. The molecular formula is C19H18N4O4S4. The zero-order valence-corrected chi connectivity index (χ0v) is 19.7. The van der Waals surface area contributed by atoms with Crippen molar-refractivity contribution in [3.8, 4) is 10.4 Å². The first-order valence-electron chi connectivity index (χ1n) is 9.59. The summed E-state index contributed by atoms with van der Waals surface area (Å²) in [6, 6.07) is 4.07. The van der Waals surface area contributed by atoms with Gasteiger partial charge in [0.25, 0.3) is 10.8 Å². The lowest BCUT2D eigenvalue weighted by Crippen LogP contribution is -2.10. The predicted octanol–water partition coefficient (Wildman–Crippen LogP) is 3.67. The van der Waals surface area contributed by atoms with E-state index in [0.29, 0.717) is 45.7 Å². The average Bonchev–Trinajstić information content (AvgIpc) is 3.48. The molecule has 8 nitrogen and oxygen atoms in total. The van der Waals surface area contributed by atoms with Crippen molar-refractivity contribution in [3.63, 3.8) is 0 Å². The normalized spacial score (nSPS) is 18.2. The van der Waals surface area contributed by atoms with E-state index in [1.807, 2.05) is 24.4 Å². The third kappa shape index (κ3) is 4.47. The maximum atomic E-state index is 12.7. The van der Waals surface area contributed by atoms with E-state index in [1.54, 1.807) is 11.3 Å². The van der Waals surface area contributed by atoms with Crippen LogP contribution in [0.15, 0.2) is 31.9 Å². The van der Waals surface area contributed by atoms with Crippen LogP contribution in [0.1, 0.15) is 23.0 Å². The van der Waals surface area contributed by atoms with Crippen molar-refractivity contribution in [2.45, 2.75) is 30.7 Å². The van der Waals surface area contributed by atoms with Crippen LogP contribution < -0.4 is 5.56 Å². The summed E-state index contributed by atoms with van der Waals surface area (Å²) in [5.41, 5.74) is 0.762. The molecule has 0 radical (unpaired) electrons. The molecule has 1 aliphatic rings. The van der Waals surface area contributed by atoms with E-state index in [2.05, 4.69) is 20.2 Å². The molecule has 12 heteroatoms. The summed E-state index contributed by atoms with van der Waals surface area (Å²) >= 11 is 4.40. The topological polar surface area (TPSA) is 119 Å². The van der Waals surface area contributed by atoms with E-state index in [9.17, 15) is 13.2 Å². The molecule has 1 unspecified atom stereocenters. The average molecular weight is 495 g/mol. The lowest BCUT2D eigenvalue weighted by atomic mass is 10.1. The summed E-state index contributed by atoms with van der Waals surface area (Å²) in [5, 5.41) is 11.0. The van der Waals surface area contributed by atoms with E-state index in [1.165, 1.54) is 28.0 Å². The smallest absolute Gasteiger partial charge is 0.277 e. The number of thioether (sulfide) groups is 1. The Morgan fingerprint density at radius 2 is 2.19 bits per heavy atom. The highest BCUT2D eigenvalue weighted by Gasteiger charge is 2.29. The Labute approximate surface area is 190 Å². The van der Waals surface area contributed by atoms with E-state index >= 15 is 0 Å². The Kier molecular flexibility index (Phi) is 5.49. The van der Waals surface area contributed by atoms with Crippen molar-refractivity contribution in [1.29, 1.82) is 0 Å². The quantitative estimate of drug-likeness (QED) is 0.403. The van der Waals surface area contributed by atoms with Crippen LogP contribution in [0.25, 0.3) is 20.7 Å². The first-order chi connectivity index (χ1) is 14.9. The Bertz CT molecular complexity index is 1420. The summed E-state index contributed by atoms with van der Waals surface area (Å²) in [6.07, 6.45) is 1.10. The first-order valence-corrected chi connectivity index (χ1v) is 14.1. The van der Waals surface area contributed by atoms with Crippen molar-refractivity contribution in [2.75, 3.05) is 11.5 Å². The van der Waals surface area contributed by atoms with Crippen molar-refractivity contribution in [1.82, 2.24) is 20.2 Å². The minimum Gasteiger partial charge on any atom is -0.416 e. The van der Waals surface area contributed by atoms with Gasteiger partial charge in [0.15, 0.2) is 9.84 Å². The molecule has 4 aromatic rings. The number of thiophene rings is 2. The van der Waals surface area contributed by atoms with Crippen molar-refractivity contribution in [3.05, 3.63) is 44.5 Å². The fraction of sp³-hybridized carbons (Fsp3) is 0.368. The monoisotopic (exact) mass is 494 g/mol. The number of sulfone groups is 1. The molecule has 1 N–H and O–H groups in total. The molecule has 1 saturated heterocycles. The maximum absolute atomic E-state index is 12.7. The summed E-state index contributed by atoms with van der Waals surface area (Å²) in [6.45, 7) is 2.04. The molecule has 162 valence electrons. The van der Waals surface area contributed by atoms with Crippen LogP contribution in [0.2, 0.25) is 0 Å². The van der Waals surface area contributed by atoms with Crippen molar-refractivity contribution >= 4 is 54.5 Å². The predicted molar refractivity (Wildman–Crippen MR) is 123 cm³/mol. The SMILES string of the molecule is Cc1ccc(-c2csc3nc(CSc4nnc(CC5CCS(=O)(=O)C5)o4)[nH]c(=O)c23)s1. The molecule has 1 fully saturated rings. The molecule has 4 aromatic heterocycles. The van der Waals surface area contributed by atoms with Gasteiger partial charge in [0, 0.05) is 27.1 Å². The van der Waals surface area contributed by atoms with Gasteiger partial charge in [-0.15, -0.1) is 32.9 Å². The van der Waals surface area contributed by atoms with E-state index in [-0.39, 0.29) is 23.0 Å². The van der Waals surface area contributed by atoms with Crippen LogP contribution in [0.5, 0.6) is 0 Å². The molecule has 0 spiro atoms.